The number of Topliss-reactive ketones (excluding diaryl/α,β-unsaturated/α-hetero) is 2. The molecule has 4 N–H and O–H groups in total. The number of carbonyl (C=O) groups is 8. The first-order chi connectivity index (χ1) is 67.7. The van der Waals surface area contributed by atoms with Crippen LogP contribution in [0.4, 0.5) is 0 Å². The van der Waals surface area contributed by atoms with Gasteiger partial charge < -0.3 is 59.2 Å². The molecule has 0 unspecified atom stereocenters. The Balaban J connectivity index is 0.000000731. The number of allylic oxidation sites excluding steroid dienone is 38. The SMILES string of the molecule is CCCOCCC(=O)CCCOCCOCCNC(=O)[C@@H](CCCCCC(=O)/C=C(C)/C=C/C=C(C)/C=C/C1=C(C)CCCC1(C)C)CC(=O)/C=C(C)/C=C/C=C(C)/C=C/C1=C(C)CCCC1(C)C.COCCOCCOCCC(=O)NCCOCCOCCCC(=O)[C@@H](CCCCNC(=O)/C=C(C)/C=C/C=C(C)/C=C/C1=C(C)CCCC1(C)C)NC(=O)/C=C(C)/C=C/C=C(C)/C=C/C1=C(C)CCCC1(C)C. The zero-order valence-corrected chi connectivity index (χ0v) is 92.1. The molecule has 0 saturated carbocycles. The van der Waals surface area contributed by atoms with E-state index in [0.29, 0.717) is 183 Å². The van der Waals surface area contributed by atoms with Crippen LogP contribution in [0.5, 0.6) is 0 Å². The van der Waals surface area contributed by atoms with Crippen molar-refractivity contribution in [2.75, 3.05) is 126 Å². The number of nitrogens with one attached hydrogen (secondary N) is 4. The van der Waals surface area contributed by atoms with Crippen molar-refractivity contribution in [2.24, 2.45) is 27.6 Å². The number of amides is 4. The van der Waals surface area contributed by atoms with Crippen molar-refractivity contribution in [3.63, 3.8) is 0 Å². The summed E-state index contributed by atoms with van der Waals surface area (Å²) in [5, 5.41) is 11.7. The van der Waals surface area contributed by atoms with Crippen LogP contribution < -0.4 is 21.3 Å². The number of ketones is 4. The third-order valence-corrected chi connectivity index (χ3v) is 26.3. The van der Waals surface area contributed by atoms with Crippen LogP contribution >= 0.6 is 0 Å². The minimum Gasteiger partial charge on any atom is -0.382 e. The van der Waals surface area contributed by atoms with Crippen molar-refractivity contribution >= 4 is 46.8 Å². The number of hydrogen-bond acceptors (Lipinski definition) is 16. The van der Waals surface area contributed by atoms with Gasteiger partial charge in [0.05, 0.1) is 85.3 Å². The van der Waals surface area contributed by atoms with Crippen LogP contribution in [0, 0.1) is 27.6 Å². The highest BCUT2D eigenvalue weighted by Gasteiger charge is 2.31. The molecule has 0 aromatic heterocycles. The lowest BCUT2D eigenvalue weighted by Crippen LogP contribution is -2.40. The molecule has 0 aromatic rings. The summed E-state index contributed by atoms with van der Waals surface area (Å²) >= 11 is 0. The van der Waals surface area contributed by atoms with Gasteiger partial charge in [-0.2, -0.15) is 0 Å². The fraction of sp³-hybridized carbons (Fsp3) is 0.607. The van der Waals surface area contributed by atoms with E-state index in [0.717, 1.165) is 83.1 Å². The molecule has 0 fully saturated rings. The van der Waals surface area contributed by atoms with Gasteiger partial charge in [-0.25, -0.2) is 0 Å². The van der Waals surface area contributed by atoms with E-state index < -0.39 is 12.0 Å². The highest BCUT2D eigenvalue weighted by Crippen LogP contribution is 2.44. The number of rotatable bonds is 70. The maximum Gasteiger partial charge on any atom is 0.244 e. The normalized spacial score (nSPS) is 17.6. The lowest BCUT2D eigenvalue weighted by molar-refractivity contribution is -0.128. The van der Waals surface area contributed by atoms with Gasteiger partial charge in [0.2, 0.25) is 23.6 Å². The summed E-state index contributed by atoms with van der Waals surface area (Å²) in [6.45, 7) is 53.1. The molecule has 0 aromatic carbocycles. The summed E-state index contributed by atoms with van der Waals surface area (Å²) in [6.07, 6.45) is 71.0. The van der Waals surface area contributed by atoms with Crippen molar-refractivity contribution in [1.82, 2.24) is 21.3 Å². The van der Waals surface area contributed by atoms with E-state index in [1.807, 2.05) is 89.3 Å². The number of methoxy groups -OCH3 is 1. The van der Waals surface area contributed by atoms with Crippen LogP contribution in [0.25, 0.3) is 0 Å². The molecule has 0 bridgehead atoms. The average molecular weight is 1970 g/mol. The second kappa shape index (κ2) is 74.0. The predicted octanol–water partition coefficient (Wildman–Crippen LogP) is 25.8. The van der Waals surface area contributed by atoms with Crippen molar-refractivity contribution in [1.29, 1.82) is 0 Å². The van der Waals surface area contributed by atoms with Crippen LogP contribution in [0.3, 0.4) is 0 Å². The molecule has 2 atom stereocenters. The quantitative estimate of drug-likeness (QED) is 0.0251. The topological polar surface area (TPSA) is 259 Å². The van der Waals surface area contributed by atoms with Gasteiger partial charge in [-0.05, 0) is 290 Å². The lowest BCUT2D eigenvalue weighted by atomic mass is 9.72. The largest absolute Gasteiger partial charge is 0.382 e. The third kappa shape index (κ3) is 59.5. The first-order valence-corrected chi connectivity index (χ1v) is 53.1. The minimum absolute atomic E-state index is 0.0672. The minimum atomic E-state index is -0.677. The van der Waals surface area contributed by atoms with E-state index >= 15 is 0 Å². The Hall–Kier alpha value is -8.96. The molecule has 0 radical (unpaired) electrons. The third-order valence-electron chi connectivity index (χ3n) is 26.3. The number of ether oxygens (including phenoxy) is 8. The monoisotopic (exact) mass is 1970 g/mol. The van der Waals surface area contributed by atoms with Crippen LogP contribution in [-0.2, 0) is 76.3 Å². The first kappa shape index (κ1) is 127. The molecule has 0 heterocycles. The highest BCUT2D eigenvalue weighted by atomic mass is 16.5. The molecule has 0 aliphatic heterocycles. The molecule has 20 nitrogen and oxygen atoms in total. The van der Waals surface area contributed by atoms with Gasteiger partial charge in [-0.3, -0.25) is 38.4 Å². The summed E-state index contributed by atoms with van der Waals surface area (Å²) < 4.78 is 43.6. The van der Waals surface area contributed by atoms with Crippen LogP contribution in [0.2, 0.25) is 0 Å². The molecule has 4 amide bonds. The van der Waals surface area contributed by atoms with E-state index in [1.54, 1.807) is 25.3 Å². The summed E-state index contributed by atoms with van der Waals surface area (Å²) in [7, 11) is 1.62. The smallest absolute Gasteiger partial charge is 0.244 e. The maximum absolute atomic E-state index is 13.5. The summed E-state index contributed by atoms with van der Waals surface area (Å²) in [5.74, 6) is -1.16. The van der Waals surface area contributed by atoms with Gasteiger partial charge in [0.1, 0.15) is 5.78 Å². The number of unbranched alkanes of at least 4 members (excludes halogenated alkanes) is 3. The molecule has 792 valence electrons. The summed E-state index contributed by atoms with van der Waals surface area (Å²) in [5.41, 5.74) is 20.3. The Bertz CT molecular complexity index is 4570. The zero-order chi connectivity index (χ0) is 105. The van der Waals surface area contributed by atoms with Gasteiger partial charge in [-0.15, -0.1) is 0 Å². The molecule has 0 saturated heterocycles. The van der Waals surface area contributed by atoms with Crippen LogP contribution in [0.15, 0.2) is 235 Å². The second-order valence-electron chi connectivity index (χ2n) is 41.6. The first-order valence-electron chi connectivity index (χ1n) is 53.1. The fourth-order valence-corrected chi connectivity index (χ4v) is 17.9. The Morgan fingerprint density at radius 1 is 0.338 bits per heavy atom. The standard InChI is InChI=1S/C61H95N3O9.C61H93NO7/c1-47(27-29-53-51(5)23-16-32-60(53,7)8)19-14-21-49(3)45-58(67)62-34-13-12-25-55(64-59(68)46-50(4)22-15-20-48(2)28-30-54-52(6)24-17-33-61(54,9)10)56(65)26-18-36-70-41-43-72-38-35-63-57(66)31-37-71-42-44-73-40-39-69-11;1-12-38-67-40-34-54(63)29-20-39-68-42-43-69-41-37-62-59(66)53(46-56(65)45-50(5)24-17-22-48(3)31-33-58-52(7)26-19-36-61(58,10)11)27-14-13-15-28-55(64)44-49(4)23-16-21-47(2)30-32-57-51(6)25-18-35-60(57,8)9/h14-15,19-22,27-30,45-46,55H,12-13,16-18,23-26,31-44H2,1-11H3,(H,62,67)(H,63,66)(H,64,68);16-17,21-24,30-33,44-45,53H,12-15,18-20,25-29,34-43,46H2,1-11H3,(H,62,66)/b21-14+,22-15+,29-27+,30-28+,47-19+,48-20+,49-45+,50-46+;23-16+,24-17+,32-30+,33-31+,47-21+,48-22+,49-44+,50-45+/t55-;53-/m10/s1. The molecule has 4 aliphatic carbocycles. The molecule has 4 aliphatic rings. The molecular formula is C122H188N4O16. The molecule has 4 rings (SSSR count). The van der Waals surface area contributed by atoms with Crippen LogP contribution in [0.1, 0.15) is 325 Å². The molecule has 20 heteroatoms. The lowest BCUT2D eigenvalue weighted by Gasteiger charge is -2.33. The van der Waals surface area contributed by atoms with Gasteiger partial charge in [-0.1, -0.05) is 241 Å². The van der Waals surface area contributed by atoms with E-state index in [4.69, 9.17) is 37.9 Å². The molecule has 0 spiro atoms. The van der Waals surface area contributed by atoms with E-state index in [1.165, 1.54) is 108 Å². The van der Waals surface area contributed by atoms with Gasteiger partial charge in [0.15, 0.2) is 17.3 Å². The van der Waals surface area contributed by atoms with E-state index in [9.17, 15) is 38.4 Å². The second-order valence-corrected chi connectivity index (χ2v) is 41.6. The summed E-state index contributed by atoms with van der Waals surface area (Å²) in [4.78, 5) is 103. The van der Waals surface area contributed by atoms with Gasteiger partial charge in [0.25, 0.3) is 0 Å². The molecular weight excluding hydrogens is 1780 g/mol. The fourth-order valence-electron chi connectivity index (χ4n) is 17.9. The van der Waals surface area contributed by atoms with Crippen molar-refractivity contribution in [3.8, 4) is 0 Å². The zero-order valence-electron chi connectivity index (χ0n) is 92.1. The van der Waals surface area contributed by atoms with Crippen LogP contribution in [-0.4, -0.2) is 179 Å². The predicted molar refractivity (Wildman–Crippen MR) is 586 cm³/mol. The van der Waals surface area contributed by atoms with E-state index in [-0.39, 0.29) is 87.7 Å². The maximum atomic E-state index is 13.5. The van der Waals surface area contributed by atoms with E-state index in [2.05, 4.69) is 199 Å². The van der Waals surface area contributed by atoms with Crippen molar-refractivity contribution in [2.45, 2.75) is 331 Å². The Kier molecular flexibility index (Phi) is 66.3. The van der Waals surface area contributed by atoms with Gasteiger partial charge in [0, 0.05) is 103 Å². The average Bonchev–Trinajstić information content (AvgIpc) is 0.833. The Labute approximate surface area is 858 Å². The Morgan fingerprint density at radius 3 is 1.15 bits per heavy atom. The summed E-state index contributed by atoms with van der Waals surface area (Å²) in [6, 6.07) is -0.677. The number of hydrogen-bond donors (Lipinski definition) is 4. The highest BCUT2D eigenvalue weighted by molar-refractivity contribution is 5.95. The molecule has 142 heavy (non-hydrogen) atoms. The van der Waals surface area contributed by atoms with Crippen molar-refractivity contribution < 1.29 is 76.3 Å². The van der Waals surface area contributed by atoms with Gasteiger partial charge >= 0.3 is 0 Å². The Morgan fingerprint density at radius 2 is 0.711 bits per heavy atom. The van der Waals surface area contributed by atoms with Crippen molar-refractivity contribution in [3.05, 3.63) is 235 Å². The number of carbonyl (C=O) groups excluding carboxylic acids is 8.